The van der Waals surface area contributed by atoms with E-state index in [2.05, 4.69) is 4.98 Å². The summed E-state index contributed by atoms with van der Waals surface area (Å²) in [4.78, 5) is 29.4. The van der Waals surface area contributed by atoms with Gasteiger partial charge in [-0.25, -0.2) is 0 Å². The third-order valence-electron chi connectivity index (χ3n) is 3.15. The lowest BCUT2D eigenvalue weighted by Gasteiger charge is -2.29. The topological polar surface area (TPSA) is 79.7 Å². The van der Waals surface area contributed by atoms with Crippen molar-refractivity contribution in [2.45, 2.75) is 32.7 Å². The van der Waals surface area contributed by atoms with Crippen molar-refractivity contribution < 1.29 is 19.4 Å². The zero-order valence-electron chi connectivity index (χ0n) is 12.5. The molecule has 1 rings (SSSR count). The summed E-state index contributed by atoms with van der Waals surface area (Å²) < 4.78 is 4.87. The lowest BCUT2D eigenvalue weighted by Crippen LogP contribution is -2.43. The molecule has 1 amide bonds. The Bertz CT molecular complexity index is 446. The molecule has 6 nitrogen and oxygen atoms in total. The smallest absolute Gasteiger partial charge is 0.307 e. The highest BCUT2D eigenvalue weighted by molar-refractivity contribution is 5.94. The molecule has 0 saturated heterocycles. The number of rotatable bonds is 8. The van der Waals surface area contributed by atoms with Gasteiger partial charge in [-0.1, -0.05) is 6.92 Å². The van der Waals surface area contributed by atoms with Crippen molar-refractivity contribution in [3.05, 3.63) is 30.1 Å². The van der Waals surface area contributed by atoms with Crippen molar-refractivity contribution in [2.24, 2.45) is 0 Å². The molecule has 1 aromatic rings. The van der Waals surface area contributed by atoms with E-state index >= 15 is 0 Å². The highest BCUT2D eigenvalue weighted by Crippen LogP contribution is 2.11. The van der Waals surface area contributed by atoms with Gasteiger partial charge in [0.2, 0.25) is 0 Å². The van der Waals surface area contributed by atoms with Gasteiger partial charge in [-0.2, -0.15) is 0 Å². The van der Waals surface area contributed by atoms with E-state index in [1.165, 1.54) is 11.1 Å². The summed E-state index contributed by atoms with van der Waals surface area (Å²) in [6.07, 6.45) is 3.77. The number of nitrogens with zero attached hydrogens (tertiary/aromatic N) is 2. The van der Waals surface area contributed by atoms with Crippen LogP contribution in [0, 0.1) is 0 Å². The summed E-state index contributed by atoms with van der Waals surface area (Å²) in [6.45, 7) is 4.00. The second-order valence-electron chi connectivity index (χ2n) is 4.54. The van der Waals surface area contributed by atoms with E-state index in [4.69, 9.17) is 4.74 Å². The summed E-state index contributed by atoms with van der Waals surface area (Å²) in [7, 11) is 0. The third-order valence-corrected chi connectivity index (χ3v) is 3.15. The molecule has 0 spiro atoms. The number of aromatic nitrogens is 1. The first-order valence-electron chi connectivity index (χ1n) is 7.11. The van der Waals surface area contributed by atoms with Crippen LogP contribution in [0.25, 0.3) is 0 Å². The predicted molar refractivity (Wildman–Crippen MR) is 77.7 cm³/mol. The van der Waals surface area contributed by atoms with Crippen molar-refractivity contribution in [3.63, 3.8) is 0 Å². The summed E-state index contributed by atoms with van der Waals surface area (Å²) in [6, 6.07) is 3.01. The first-order chi connectivity index (χ1) is 10.1. The van der Waals surface area contributed by atoms with Gasteiger partial charge in [-0.15, -0.1) is 0 Å². The number of pyridine rings is 1. The van der Waals surface area contributed by atoms with Gasteiger partial charge >= 0.3 is 5.97 Å². The number of aliphatic hydroxyl groups excluding tert-OH is 1. The van der Waals surface area contributed by atoms with E-state index in [-0.39, 0.29) is 37.5 Å². The number of hydrogen-bond donors (Lipinski definition) is 1. The Morgan fingerprint density at radius 2 is 2.19 bits per heavy atom. The molecular formula is C15H22N2O4. The minimum absolute atomic E-state index is 0.107. The highest BCUT2D eigenvalue weighted by Gasteiger charge is 2.24. The standard InChI is InChI=1S/C15H22N2O4/c1-3-13(11-18)17(9-7-14(19)21-4-2)15(20)12-6-5-8-16-10-12/h5-6,8,10,13,18H,3-4,7,9,11H2,1-2H3. The monoisotopic (exact) mass is 294 g/mol. The Hall–Kier alpha value is -1.95. The van der Waals surface area contributed by atoms with Crippen LogP contribution in [0.3, 0.4) is 0 Å². The van der Waals surface area contributed by atoms with Crippen LogP contribution in [0.5, 0.6) is 0 Å². The van der Waals surface area contributed by atoms with Crippen LogP contribution >= 0.6 is 0 Å². The normalized spacial score (nSPS) is 11.8. The zero-order chi connectivity index (χ0) is 15.7. The van der Waals surface area contributed by atoms with Crippen LogP contribution in [-0.4, -0.2) is 52.7 Å². The van der Waals surface area contributed by atoms with E-state index in [9.17, 15) is 14.7 Å². The number of aliphatic hydroxyl groups is 1. The fraction of sp³-hybridized carbons (Fsp3) is 0.533. The first kappa shape index (κ1) is 17.1. The Morgan fingerprint density at radius 3 is 2.71 bits per heavy atom. The molecule has 0 aliphatic heterocycles. The number of amides is 1. The molecule has 0 saturated carbocycles. The number of ether oxygens (including phenoxy) is 1. The van der Waals surface area contributed by atoms with Crippen molar-refractivity contribution >= 4 is 11.9 Å². The Labute approximate surface area is 124 Å². The summed E-state index contributed by atoms with van der Waals surface area (Å²) in [5.74, 6) is -0.595. The summed E-state index contributed by atoms with van der Waals surface area (Å²) >= 11 is 0. The number of carbonyl (C=O) groups excluding carboxylic acids is 2. The molecule has 1 N–H and O–H groups in total. The SMILES string of the molecule is CCOC(=O)CCN(C(=O)c1cccnc1)C(CC)CO. The lowest BCUT2D eigenvalue weighted by atomic mass is 10.1. The maximum Gasteiger partial charge on any atom is 0.307 e. The quantitative estimate of drug-likeness (QED) is 0.730. The highest BCUT2D eigenvalue weighted by atomic mass is 16.5. The van der Waals surface area contributed by atoms with E-state index in [1.54, 1.807) is 25.3 Å². The predicted octanol–water partition coefficient (Wildman–Crippen LogP) is 1.25. The van der Waals surface area contributed by atoms with E-state index in [1.807, 2.05) is 6.92 Å². The van der Waals surface area contributed by atoms with Crippen molar-refractivity contribution in [2.75, 3.05) is 19.8 Å². The molecule has 0 bridgehead atoms. The number of esters is 1. The van der Waals surface area contributed by atoms with E-state index in [0.717, 1.165) is 0 Å². The van der Waals surface area contributed by atoms with Crippen LogP contribution < -0.4 is 0 Å². The van der Waals surface area contributed by atoms with Gasteiger partial charge in [0.1, 0.15) is 0 Å². The van der Waals surface area contributed by atoms with Gasteiger partial charge in [0, 0.05) is 18.9 Å². The largest absolute Gasteiger partial charge is 0.466 e. The molecule has 1 aromatic heterocycles. The molecule has 0 aromatic carbocycles. The van der Waals surface area contributed by atoms with Gasteiger partial charge in [0.15, 0.2) is 0 Å². The van der Waals surface area contributed by atoms with E-state index < -0.39 is 0 Å². The van der Waals surface area contributed by atoms with Gasteiger partial charge in [-0.05, 0) is 25.5 Å². The fourth-order valence-corrected chi connectivity index (χ4v) is 2.00. The minimum atomic E-state index is -0.353. The molecule has 1 atom stereocenters. The first-order valence-corrected chi connectivity index (χ1v) is 7.11. The maximum absolute atomic E-state index is 12.5. The van der Waals surface area contributed by atoms with Gasteiger partial charge in [-0.3, -0.25) is 14.6 Å². The average Bonchev–Trinajstić information content (AvgIpc) is 2.52. The minimum Gasteiger partial charge on any atom is -0.466 e. The van der Waals surface area contributed by atoms with Crippen LogP contribution in [0.2, 0.25) is 0 Å². The second kappa shape index (κ2) is 9.07. The zero-order valence-corrected chi connectivity index (χ0v) is 12.5. The Balaban J connectivity index is 2.82. The summed E-state index contributed by atoms with van der Waals surface area (Å²) in [5, 5.41) is 9.44. The molecule has 0 aliphatic rings. The summed E-state index contributed by atoms with van der Waals surface area (Å²) in [5.41, 5.74) is 0.438. The van der Waals surface area contributed by atoms with Crippen LogP contribution in [0.4, 0.5) is 0 Å². The van der Waals surface area contributed by atoms with Crippen molar-refractivity contribution in [1.29, 1.82) is 0 Å². The average molecular weight is 294 g/mol. The van der Waals surface area contributed by atoms with Gasteiger partial charge in [0.25, 0.3) is 5.91 Å². The number of hydrogen-bond acceptors (Lipinski definition) is 5. The molecule has 1 unspecified atom stereocenters. The van der Waals surface area contributed by atoms with Crippen LogP contribution in [0.1, 0.15) is 37.0 Å². The third kappa shape index (κ3) is 5.15. The van der Waals surface area contributed by atoms with Crippen LogP contribution in [0.15, 0.2) is 24.5 Å². The van der Waals surface area contributed by atoms with Crippen LogP contribution in [-0.2, 0) is 9.53 Å². The molecule has 0 aliphatic carbocycles. The maximum atomic E-state index is 12.5. The lowest BCUT2D eigenvalue weighted by molar-refractivity contribution is -0.143. The number of carbonyl (C=O) groups is 2. The molecule has 0 radical (unpaired) electrons. The Kier molecular flexibility index (Phi) is 7.39. The van der Waals surface area contributed by atoms with Crippen molar-refractivity contribution in [1.82, 2.24) is 9.88 Å². The molecular weight excluding hydrogens is 272 g/mol. The molecule has 0 fully saturated rings. The molecule has 21 heavy (non-hydrogen) atoms. The van der Waals surface area contributed by atoms with Gasteiger partial charge in [0.05, 0.1) is 31.2 Å². The van der Waals surface area contributed by atoms with Crippen molar-refractivity contribution in [3.8, 4) is 0 Å². The van der Waals surface area contributed by atoms with E-state index in [0.29, 0.717) is 18.6 Å². The second-order valence-corrected chi connectivity index (χ2v) is 4.54. The van der Waals surface area contributed by atoms with Gasteiger partial charge < -0.3 is 14.7 Å². The fourth-order valence-electron chi connectivity index (χ4n) is 2.00. The molecule has 6 heteroatoms. The molecule has 116 valence electrons. The molecule has 1 heterocycles. The Morgan fingerprint density at radius 1 is 1.43 bits per heavy atom.